The van der Waals surface area contributed by atoms with E-state index >= 15 is 0 Å². The zero-order chi connectivity index (χ0) is 25.0. The van der Waals surface area contributed by atoms with Crippen molar-refractivity contribution in [1.29, 1.82) is 5.41 Å². The predicted molar refractivity (Wildman–Crippen MR) is 141 cm³/mol. The lowest BCUT2D eigenvalue weighted by Gasteiger charge is -2.24. The lowest BCUT2D eigenvalue weighted by Crippen LogP contribution is -2.38. The third-order valence-corrected chi connectivity index (χ3v) is 7.62. The Hall–Kier alpha value is -4.26. The number of aryl methyl sites for hydroxylation is 1. The summed E-state index contributed by atoms with van der Waals surface area (Å²) in [4.78, 5) is 33.5. The van der Waals surface area contributed by atoms with E-state index in [1.165, 1.54) is 5.56 Å². The Morgan fingerprint density at radius 1 is 1.08 bits per heavy atom. The number of carbonyl (C=O) groups is 1. The molecule has 1 fully saturated rings. The Balaban J connectivity index is 1.35. The van der Waals surface area contributed by atoms with Crippen LogP contribution in [0.25, 0.3) is 11.0 Å². The van der Waals surface area contributed by atoms with Crippen molar-refractivity contribution in [1.82, 2.24) is 9.55 Å². The van der Waals surface area contributed by atoms with Crippen molar-refractivity contribution in [3.63, 3.8) is 0 Å². The molecule has 0 spiro atoms. The van der Waals surface area contributed by atoms with Gasteiger partial charge < -0.3 is 15.2 Å². The normalized spacial score (nSPS) is 15.6. The third kappa shape index (κ3) is 3.50. The van der Waals surface area contributed by atoms with Crippen LogP contribution in [0.1, 0.15) is 40.8 Å². The Bertz CT molecular complexity index is 1600. The van der Waals surface area contributed by atoms with Crippen LogP contribution in [0.5, 0.6) is 0 Å². The van der Waals surface area contributed by atoms with Gasteiger partial charge in [0.05, 0.1) is 16.4 Å². The van der Waals surface area contributed by atoms with Crippen LogP contribution in [0, 0.1) is 5.41 Å². The van der Waals surface area contributed by atoms with E-state index in [2.05, 4.69) is 6.07 Å². The second kappa shape index (κ2) is 8.16. The summed E-state index contributed by atoms with van der Waals surface area (Å²) in [6, 6.07) is 21.3. The summed E-state index contributed by atoms with van der Waals surface area (Å²) >= 11 is 0. The topological polar surface area (TPSA) is 105 Å². The highest BCUT2D eigenvalue weighted by atomic mass is 16.2. The largest absolute Gasteiger partial charge is 0.384 e. The maximum Gasteiger partial charge on any atom is 0.272 e. The summed E-state index contributed by atoms with van der Waals surface area (Å²) < 4.78 is 1.63. The molecule has 180 valence electrons. The first-order valence-electron chi connectivity index (χ1n) is 12.2. The Morgan fingerprint density at radius 2 is 1.83 bits per heavy atom. The standard InChI is InChI=1S/C29H27N5O2/c1-33-25-11-10-21(29(13-14-29)28(36)34-15-12-19-4-2-3-5-24(19)34)17-22(25)32-23(27(33)35)16-18-6-8-20(9-7-18)26(30)31/h2-11,17H,12-16H2,1H3,(H3,30,31). The fraction of sp³-hybridized carbons (Fsp3) is 0.241. The molecule has 7 nitrogen and oxygen atoms in total. The van der Waals surface area contributed by atoms with Crippen LogP contribution in [-0.2, 0) is 30.1 Å². The monoisotopic (exact) mass is 477 g/mol. The fourth-order valence-corrected chi connectivity index (χ4v) is 5.36. The minimum atomic E-state index is -0.523. The highest BCUT2D eigenvalue weighted by Crippen LogP contribution is 2.51. The van der Waals surface area contributed by atoms with Crippen LogP contribution in [0.2, 0.25) is 0 Å². The number of fused-ring (bicyclic) bond motifs is 2. The second-order valence-electron chi connectivity index (χ2n) is 9.83. The number of aromatic nitrogens is 2. The van der Waals surface area contributed by atoms with Crippen LogP contribution in [-0.4, -0.2) is 27.8 Å². The van der Waals surface area contributed by atoms with E-state index in [0.29, 0.717) is 29.7 Å². The molecular weight excluding hydrogens is 450 g/mol. The zero-order valence-corrected chi connectivity index (χ0v) is 20.1. The summed E-state index contributed by atoms with van der Waals surface area (Å²) in [6.45, 7) is 0.715. The highest BCUT2D eigenvalue weighted by Gasteiger charge is 2.54. The van der Waals surface area contributed by atoms with E-state index in [1.807, 2.05) is 53.4 Å². The van der Waals surface area contributed by atoms with E-state index in [0.717, 1.165) is 41.6 Å². The first kappa shape index (κ1) is 22.2. The minimum absolute atomic E-state index is 0.00907. The number of para-hydroxylation sites is 1. The molecule has 0 unspecified atom stereocenters. The molecule has 6 rings (SSSR count). The van der Waals surface area contributed by atoms with Crippen LogP contribution in [0.3, 0.4) is 0 Å². The number of nitrogen functional groups attached to an aromatic ring is 1. The van der Waals surface area contributed by atoms with Gasteiger partial charge >= 0.3 is 0 Å². The summed E-state index contributed by atoms with van der Waals surface area (Å²) in [5.74, 6) is 0.164. The number of nitrogens with one attached hydrogen (secondary N) is 1. The molecule has 1 aromatic heterocycles. The molecule has 0 bridgehead atoms. The van der Waals surface area contributed by atoms with Gasteiger partial charge in [-0.3, -0.25) is 15.0 Å². The van der Waals surface area contributed by atoms with Crippen molar-refractivity contribution < 1.29 is 4.79 Å². The molecule has 3 aromatic carbocycles. The number of hydrogen-bond donors (Lipinski definition) is 2. The molecule has 3 N–H and O–H groups in total. The average molecular weight is 478 g/mol. The van der Waals surface area contributed by atoms with Crippen LogP contribution in [0.15, 0.2) is 71.5 Å². The second-order valence-corrected chi connectivity index (χ2v) is 9.83. The van der Waals surface area contributed by atoms with Gasteiger partial charge in [-0.1, -0.05) is 48.5 Å². The van der Waals surface area contributed by atoms with E-state index in [1.54, 1.807) is 23.7 Å². The molecule has 7 heteroatoms. The number of carbonyl (C=O) groups excluding carboxylic acids is 1. The molecule has 2 aliphatic rings. The summed E-state index contributed by atoms with van der Waals surface area (Å²) in [6.07, 6.45) is 2.89. The number of rotatable bonds is 5. The van der Waals surface area contributed by atoms with E-state index in [9.17, 15) is 9.59 Å². The number of nitrogens with two attached hydrogens (primary N) is 1. The lowest BCUT2D eigenvalue weighted by atomic mass is 9.93. The SMILES string of the molecule is Cn1c(=O)c(Cc2ccc(C(=N)N)cc2)nc2cc(C3(C(=O)N4CCc5ccccc54)CC3)ccc21. The molecule has 1 aliphatic heterocycles. The number of hydrogen-bond acceptors (Lipinski definition) is 4. The number of nitrogens with zero attached hydrogens (tertiary/aromatic N) is 3. The predicted octanol–water partition coefficient (Wildman–Crippen LogP) is 3.43. The molecule has 4 aromatic rings. The van der Waals surface area contributed by atoms with Crippen LogP contribution >= 0.6 is 0 Å². The van der Waals surface area contributed by atoms with E-state index < -0.39 is 5.41 Å². The lowest BCUT2D eigenvalue weighted by molar-refractivity contribution is -0.120. The smallest absolute Gasteiger partial charge is 0.272 e. The van der Waals surface area contributed by atoms with Gasteiger partial charge in [0.25, 0.3) is 5.56 Å². The Morgan fingerprint density at radius 3 is 2.56 bits per heavy atom. The molecule has 0 atom stereocenters. The highest BCUT2D eigenvalue weighted by molar-refractivity contribution is 6.05. The third-order valence-electron chi connectivity index (χ3n) is 7.62. The quantitative estimate of drug-likeness (QED) is 0.339. The van der Waals surface area contributed by atoms with Gasteiger partial charge in [0, 0.05) is 31.3 Å². The number of amides is 1. The van der Waals surface area contributed by atoms with Gasteiger partial charge in [-0.25, -0.2) is 4.98 Å². The molecular formula is C29H27N5O2. The summed E-state index contributed by atoms with van der Waals surface area (Å²) in [7, 11) is 1.76. The van der Waals surface area contributed by atoms with Gasteiger partial charge in [0.2, 0.25) is 5.91 Å². The van der Waals surface area contributed by atoms with E-state index in [-0.39, 0.29) is 17.3 Å². The fourth-order valence-electron chi connectivity index (χ4n) is 5.36. The van der Waals surface area contributed by atoms with Crippen molar-refractivity contribution in [3.05, 3.63) is 105 Å². The van der Waals surface area contributed by atoms with Crippen LogP contribution in [0.4, 0.5) is 5.69 Å². The van der Waals surface area contributed by atoms with Gasteiger partial charge in [0.1, 0.15) is 11.5 Å². The van der Waals surface area contributed by atoms with Crippen molar-refractivity contribution >= 4 is 28.5 Å². The Kier molecular flexibility index (Phi) is 5.03. The number of amidine groups is 1. The average Bonchev–Trinajstić information content (AvgIpc) is 3.59. The molecule has 0 saturated heterocycles. The van der Waals surface area contributed by atoms with Gasteiger partial charge in [-0.05, 0) is 54.2 Å². The summed E-state index contributed by atoms with van der Waals surface area (Å²) in [5, 5.41) is 7.56. The molecule has 1 saturated carbocycles. The van der Waals surface area contributed by atoms with Gasteiger partial charge in [-0.2, -0.15) is 0 Å². The maximum atomic E-state index is 13.8. The zero-order valence-electron chi connectivity index (χ0n) is 20.1. The van der Waals surface area contributed by atoms with Crippen molar-refractivity contribution in [3.8, 4) is 0 Å². The van der Waals surface area contributed by atoms with Crippen molar-refractivity contribution in [2.45, 2.75) is 31.1 Å². The molecule has 1 amide bonds. The molecule has 36 heavy (non-hydrogen) atoms. The molecule has 1 aliphatic carbocycles. The van der Waals surface area contributed by atoms with E-state index in [4.69, 9.17) is 16.1 Å². The molecule has 2 heterocycles. The van der Waals surface area contributed by atoms with Crippen LogP contribution < -0.4 is 16.2 Å². The van der Waals surface area contributed by atoms with Crippen molar-refractivity contribution in [2.24, 2.45) is 12.8 Å². The number of benzene rings is 3. The maximum absolute atomic E-state index is 13.8. The Labute approximate surface area is 208 Å². The summed E-state index contributed by atoms with van der Waals surface area (Å²) in [5.41, 5.74) is 11.6. The number of anilines is 1. The first-order valence-corrected chi connectivity index (χ1v) is 12.2. The molecule has 0 radical (unpaired) electrons. The van der Waals surface area contributed by atoms with Gasteiger partial charge in [0.15, 0.2) is 0 Å². The minimum Gasteiger partial charge on any atom is -0.384 e. The first-order chi connectivity index (χ1) is 17.4. The van der Waals surface area contributed by atoms with Gasteiger partial charge in [-0.15, -0.1) is 0 Å². The van der Waals surface area contributed by atoms with Crippen molar-refractivity contribution in [2.75, 3.05) is 11.4 Å².